The fourth-order valence-corrected chi connectivity index (χ4v) is 2.84. The minimum Gasteiger partial charge on any atom is -0.310 e. The summed E-state index contributed by atoms with van der Waals surface area (Å²) in [6, 6.07) is 11.4. The molecule has 1 unspecified atom stereocenters. The van der Waals surface area contributed by atoms with Gasteiger partial charge in [-0.05, 0) is 49.1 Å². The second-order valence-corrected chi connectivity index (χ2v) is 5.18. The first-order valence-corrected chi connectivity index (χ1v) is 6.96. The lowest BCUT2D eigenvalue weighted by Crippen LogP contribution is -2.32. The van der Waals surface area contributed by atoms with Crippen LogP contribution in [0.25, 0.3) is 10.9 Å². The Morgan fingerprint density at radius 2 is 2.22 bits per heavy atom. The normalized spacial score (nSPS) is 17.6. The Morgan fingerprint density at radius 3 is 2.94 bits per heavy atom. The fourth-order valence-electron chi connectivity index (χ4n) is 2.84. The molecule has 0 amide bonds. The van der Waals surface area contributed by atoms with E-state index in [0.717, 1.165) is 18.0 Å². The van der Waals surface area contributed by atoms with Crippen LogP contribution in [-0.2, 0) is 0 Å². The highest BCUT2D eigenvalue weighted by Gasteiger charge is 2.27. The highest BCUT2D eigenvalue weighted by Crippen LogP contribution is 2.38. The first kappa shape index (κ1) is 11.7. The molecule has 1 fully saturated rings. The van der Waals surface area contributed by atoms with E-state index in [0.29, 0.717) is 6.04 Å². The molecule has 0 saturated heterocycles. The highest BCUT2D eigenvalue weighted by atomic mass is 14.9. The summed E-state index contributed by atoms with van der Waals surface area (Å²) in [6.45, 7) is 3.22. The number of fused-ring (bicyclic) bond motifs is 1. The first-order valence-electron chi connectivity index (χ1n) is 6.96. The summed E-state index contributed by atoms with van der Waals surface area (Å²) in [5.41, 5.74) is 2.51. The molecule has 2 nitrogen and oxygen atoms in total. The summed E-state index contributed by atoms with van der Waals surface area (Å²) in [5.74, 6) is 0.819. The van der Waals surface area contributed by atoms with Gasteiger partial charge in [0, 0.05) is 17.6 Å². The lowest BCUT2D eigenvalue weighted by molar-refractivity contribution is 0.233. The van der Waals surface area contributed by atoms with Crippen molar-refractivity contribution in [1.29, 1.82) is 0 Å². The van der Waals surface area contributed by atoms with Gasteiger partial charge in [0.15, 0.2) is 0 Å². The third-order valence-electron chi connectivity index (χ3n) is 4.03. The van der Waals surface area contributed by atoms with Crippen molar-refractivity contribution in [1.82, 2.24) is 10.3 Å². The van der Waals surface area contributed by atoms with Crippen molar-refractivity contribution in [3.05, 3.63) is 42.1 Å². The van der Waals surface area contributed by atoms with E-state index in [1.165, 1.54) is 30.2 Å². The smallest absolute Gasteiger partial charge is 0.0702 e. The average Bonchev–Trinajstić information content (AvgIpc) is 2.35. The van der Waals surface area contributed by atoms with Gasteiger partial charge in [-0.1, -0.05) is 25.5 Å². The minimum absolute atomic E-state index is 0.522. The SMILES string of the molecule is CCNC(c1ccc2ncccc2c1)C1CCC1. The zero-order valence-electron chi connectivity index (χ0n) is 10.9. The van der Waals surface area contributed by atoms with Crippen molar-refractivity contribution in [3.63, 3.8) is 0 Å². The molecule has 18 heavy (non-hydrogen) atoms. The van der Waals surface area contributed by atoms with Crippen LogP contribution in [0, 0.1) is 5.92 Å². The lowest BCUT2D eigenvalue weighted by Gasteiger charge is -2.34. The van der Waals surface area contributed by atoms with E-state index in [2.05, 4.69) is 41.5 Å². The molecule has 0 aliphatic heterocycles. The summed E-state index contributed by atoms with van der Waals surface area (Å²) in [4.78, 5) is 4.39. The zero-order valence-corrected chi connectivity index (χ0v) is 10.9. The predicted molar refractivity (Wildman–Crippen MR) is 75.5 cm³/mol. The van der Waals surface area contributed by atoms with Crippen molar-refractivity contribution < 1.29 is 0 Å². The van der Waals surface area contributed by atoms with Crippen molar-refractivity contribution >= 4 is 10.9 Å². The van der Waals surface area contributed by atoms with Gasteiger partial charge in [0.25, 0.3) is 0 Å². The monoisotopic (exact) mass is 240 g/mol. The molecule has 0 spiro atoms. The molecule has 1 N–H and O–H groups in total. The van der Waals surface area contributed by atoms with Crippen LogP contribution in [0.1, 0.15) is 37.8 Å². The van der Waals surface area contributed by atoms with Crippen molar-refractivity contribution in [2.24, 2.45) is 5.92 Å². The minimum atomic E-state index is 0.522. The van der Waals surface area contributed by atoms with Crippen LogP contribution in [0.5, 0.6) is 0 Å². The summed E-state index contributed by atoms with van der Waals surface area (Å²) in [5, 5.41) is 4.89. The molecule has 1 saturated carbocycles. The number of benzene rings is 1. The quantitative estimate of drug-likeness (QED) is 0.881. The number of nitrogens with one attached hydrogen (secondary N) is 1. The van der Waals surface area contributed by atoms with E-state index in [-0.39, 0.29) is 0 Å². The third-order valence-corrected chi connectivity index (χ3v) is 4.03. The molecule has 2 aromatic rings. The number of aromatic nitrogens is 1. The molecule has 1 atom stereocenters. The van der Waals surface area contributed by atoms with Gasteiger partial charge >= 0.3 is 0 Å². The van der Waals surface area contributed by atoms with E-state index in [1.807, 2.05) is 12.3 Å². The molecule has 2 heteroatoms. The molecule has 1 aromatic heterocycles. The first-order chi connectivity index (χ1) is 8.88. The van der Waals surface area contributed by atoms with E-state index in [9.17, 15) is 0 Å². The van der Waals surface area contributed by atoms with Crippen LogP contribution >= 0.6 is 0 Å². The van der Waals surface area contributed by atoms with Crippen LogP contribution in [0.3, 0.4) is 0 Å². The van der Waals surface area contributed by atoms with Gasteiger partial charge in [-0.25, -0.2) is 0 Å². The zero-order chi connectivity index (χ0) is 12.4. The Labute approximate surface area is 108 Å². The van der Waals surface area contributed by atoms with Crippen LogP contribution in [-0.4, -0.2) is 11.5 Å². The van der Waals surface area contributed by atoms with E-state index in [4.69, 9.17) is 0 Å². The highest BCUT2D eigenvalue weighted by molar-refractivity contribution is 5.79. The maximum Gasteiger partial charge on any atom is 0.0702 e. The Morgan fingerprint density at radius 1 is 1.33 bits per heavy atom. The van der Waals surface area contributed by atoms with Crippen LogP contribution < -0.4 is 5.32 Å². The second-order valence-electron chi connectivity index (χ2n) is 5.18. The maximum absolute atomic E-state index is 4.39. The van der Waals surface area contributed by atoms with Crippen LogP contribution in [0.4, 0.5) is 0 Å². The fraction of sp³-hybridized carbons (Fsp3) is 0.438. The summed E-state index contributed by atoms with van der Waals surface area (Å²) >= 11 is 0. The van der Waals surface area contributed by atoms with Gasteiger partial charge < -0.3 is 5.32 Å². The van der Waals surface area contributed by atoms with Crippen LogP contribution in [0.15, 0.2) is 36.5 Å². The standard InChI is InChI=1S/C16H20N2/c1-2-17-16(12-5-3-6-12)14-8-9-15-13(11-14)7-4-10-18-15/h4,7-12,16-17H,2-3,5-6H2,1H3. The molecule has 1 aromatic carbocycles. The van der Waals surface area contributed by atoms with Gasteiger partial charge in [0.1, 0.15) is 0 Å². The average molecular weight is 240 g/mol. The molecule has 0 bridgehead atoms. The molecular weight excluding hydrogens is 220 g/mol. The number of nitrogens with zero attached hydrogens (tertiary/aromatic N) is 1. The third kappa shape index (κ3) is 2.13. The second kappa shape index (κ2) is 5.07. The number of hydrogen-bond donors (Lipinski definition) is 1. The summed E-state index contributed by atoms with van der Waals surface area (Å²) in [7, 11) is 0. The molecule has 3 rings (SSSR count). The van der Waals surface area contributed by atoms with Crippen LogP contribution in [0.2, 0.25) is 0 Å². The van der Waals surface area contributed by atoms with Gasteiger partial charge in [-0.2, -0.15) is 0 Å². The number of hydrogen-bond acceptors (Lipinski definition) is 2. The Balaban J connectivity index is 1.95. The van der Waals surface area contributed by atoms with Crippen molar-refractivity contribution in [2.45, 2.75) is 32.2 Å². The molecule has 1 aliphatic carbocycles. The van der Waals surface area contributed by atoms with Crippen molar-refractivity contribution in [2.75, 3.05) is 6.54 Å². The van der Waals surface area contributed by atoms with Crippen molar-refractivity contribution in [3.8, 4) is 0 Å². The Kier molecular flexibility index (Phi) is 3.28. The molecule has 94 valence electrons. The van der Waals surface area contributed by atoms with Gasteiger partial charge in [0.05, 0.1) is 5.52 Å². The number of rotatable bonds is 4. The predicted octanol–water partition coefficient (Wildman–Crippen LogP) is 3.69. The Hall–Kier alpha value is -1.41. The molecular formula is C16H20N2. The number of pyridine rings is 1. The van der Waals surface area contributed by atoms with Gasteiger partial charge in [-0.3, -0.25) is 4.98 Å². The topological polar surface area (TPSA) is 24.9 Å². The Bertz CT molecular complexity index is 531. The van der Waals surface area contributed by atoms with Gasteiger partial charge in [-0.15, -0.1) is 0 Å². The lowest BCUT2D eigenvalue weighted by atomic mass is 9.77. The van der Waals surface area contributed by atoms with E-state index >= 15 is 0 Å². The van der Waals surface area contributed by atoms with E-state index < -0.39 is 0 Å². The summed E-state index contributed by atoms with van der Waals surface area (Å²) < 4.78 is 0. The largest absolute Gasteiger partial charge is 0.310 e. The molecule has 0 radical (unpaired) electrons. The summed E-state index contributed by atoms with van der Waals surface area (Å²) in [6.07, 6.45) is 5.98. The molecule has 1 aliphatic rings. The van der Waals surface area contributed by atoms with Gasteiger partial charge in [0.2, 0.25) is 0 Å². The molecule has 1 heterocycles. The maximum atomic E-state index is 4.39. The van der Waals surface area contributed by atoms with E-state index in [1.54, 1.807) is 0 Å².